The van der Waals surface area contributed by atoms with Crippen molar-refractivity contribution in [2.45, 2.75) is 65.5 Å². The molecule has 0 saturated carbocycles. The van der Waals surface area contributed by atoms with Gasteiger partial charge in [-0.15, -0.1) is 0 Å². The Bertz CT molecular complexity index is 371. The number of hydrogen-bond acceptors (Lipinski definition) is 3. The zero-order valence-corrected chi connectivity index (χ0v) is 14.7. The van der Waals surface area contributed by atoms with E-state index in [1.54, 1.807) is 12.0 Å². The second kappa shape index (κ2) is 9.13. The molecule has 0 spiro atoms. The standard InChI is InChI=1S/C17H32N2O3/c1-12(2)7-6-8-13(3)18-17(21)15-9-16(20)19(10-15)14(4)11-22-5/h12-15H,6-11H2,1-5H3,(H,18,21)/t13-,14+,15+/m1/s1. The third-order valence-corrected chi connectivity index (χ3v) is 4.28. The fourth-order valence-electron chi connectivity index (χ4n) is 2.93. The van der Waals surface area contributed by atoms with Crippen LogP contribution < -0.4 is 5.32 Å². The highest BCUT2D eigenvalue weighted by atomic mass is 16.5. The molecule has 1 saturated heterocycles. The number of amides is 2. The summed E-state index contributed by atoms with van der Waals surface area (Å²) in [5.41, 5.74) is 0. The van der Waals surface area contributed by atoms with E-state index >= 15 is 0 Å². The maximum Gasteiger partial charge on any atom is 0.225 e. The van der Waals surface area contributed by atoms with Crippen molar-refractivity contribution >= 4 is 11.8 Å². The average Bonchev–Trinajstić information content (AvgIpc) is 2.80. The second-order valence-electron chi connectivity index (χ2n) is 6.99. The number of methoxy groups -OCH3 is 1. The number of nitrogens with one attached hydrogen (secondary N) is 1. The predicted molar refractivity (Wildman–Crippen MR) is 87.5 cm³/mol. The molecule has 0 bridgehead atoms. The highest BCUT2D eigenvalue weighted by molar-refractivity contribution is 5.89. The molecule has 0 unspecified atom stereocenters. The lowest BCUT2D eigenvalue weighted by Gasteiger charge is -2.24. The minimum atomic E-state index is -0.223. The van der Waals surface area contributed by atoms with Crippen LogP contribution in [-0.4, -0.2) is 49.1 Å². The molecule has 3 atom stereocenters. The van der Waals surface area contributed by atoms with E-state index < -0.39 is 0 Å². The van der Waals surface area contributed by atoms with Crippen LogP contribution in [0.25, 0.3) is 0 Å². The van der Waals surface area contributed by atoms with Crippen LogP contribution in [0.3, 0.4) is 0 Å². The number of carbonyl (C=O) groups is 2. The molecule has 5 heteroatoms. The van der Waals surface area contributed by atoms with Crippen LogP contribution in [0.4, 0.5) is 0 Å². The zero-order chi connectivity index (χ0) is 16.7. The lowest BCUT2D eigenvalue weighted by molar-refractivity contribution is -0.130. The van der Waals surface area contributed by atoms with E-state index in [0.717, 1.165) is 12.8 Å². The predicted octanol–water partition coefficient (Wildman–Crippen LogP) is 2.20. The molecule has 0 aromatic rings. The summed E-state index contributed by atoms with van der Waals surface area (Å²) in [7, 11) is 1.63. The Morgan fingerprint density at radius 3 is 2.59 bits per heavy atom. The van der Waals surface area contributed by atoms with E-state index in [-0.39, 0.29) is 29.8 Å². The summed E-state index contributed by atoms with van der Waals surface area (Å²) in [5, 5.41) is 3.06. The number of nitrogens with zero attached hydrogens (tertiary/aromatic N) is 1. The maximum absolute atomic E-state index is 12.3. The first kappa shape index (κ1) is 18.9. The monoisotopic (exact) mass is 312 g/mol. The Morgan fingerprint density at radius 2 is 2.00 bits per heavy atom. The van der Waals surface area contributed by atoms with Gasteiger partial charge in [0.1, 0.15) is 0 Å². The summed E-state index contributed by atoms with van der Waals surface area (Å²) in [6.45, 7) is 9.43. The molecule has 5 nitrogen and oxygen atoms in total. The first-order chi connectivity index (χ1) is 10.3. The molecule has 128 valence electrons. The van der Waals surface area contributed by atoms with E-state index in [2.05, 4.69) is 19.2 Å². The molecule has 0 aromatic carbocycles. The van der Waals surface area contributed by atoms with Gasteiger partial charge in [0.15, 0.2) is 0 Å². The molecule has 1 heterocycles. The molecule has 1 rings (SSSR count). The molecule has 1 aliphatic heterocycles. The third kappa shape index (κ3) is 5.95. The van der Waals surface area contributed by atoms with Crippen molar-refractivity contribution in [2.75, 3.05) is 20.3 Å². The summed E-state index contributed by atoms with van der Waals surface area (Å²) >= 11 is 0. The summed E-state index contributed by atoms with van der Waals surface area (Å²) in [5.74, 6) is 0.542. The SMILES string of the molecule is COC[C@H](C)N1C[C@@H](C(=O)N[C@H](C)CCCC(C)C)CC1=O. The van der Waals surface area contributed by atoms with Gasteiger partial charge in [-0.2, -0.15) is 0 Å². The molecule has 0 aliphatic carbocycles. The van der Waals surface area contributed by atoms with Crippen molar-refractivity contribution in [1.82, 2.24) is 10.2 Å². The van der Waals surface area contributed by atoms with Gasteiger partial charge in [0.05, 0.1) is 18.6 Å². The van der Waals surface area contributed by atoms with Crippen LogP contribution >= 0.6 is 0 Å². The van der Waals surface area contributed by atoms with Crippen LogP contribution in [0.2, 0.25) is 0 Å². The minimum absolute atomic E-state index is 0.0116. The topological polar surface area (TPSA) is 58.6 Å². The van der Waals surface area contributed by atoms with E-state index in [0.29, 0.717) is 25.5 Å². The Morgan fingerprint density at radius 1 is 1.32 bits per heavy atom. The molecule has 0 radical (unpaired) electrons. The van der Waals surface area contributed by atoms with Crippen molar-refractivity contribution in [2.24, 2.45) is 11.8 Å². The summed E-state index contributed by atoms with van der Waals surface area (Å²) in [6, 6.07) is 0.200. The molecule has 22 heavy (non-hydrogen) atoms. The Kier molecular flexibility index (Phi) is 7.87. The Hall–Kier alpha value is -1.10. The fourth-order valence-corrected chi connectivity index (χ4v) is 2.93. The third-order valence-electron chi connectivity index (χ3n) is 4.28. The van der Waals surface area contributed by atoms with Gasteiger partial charge in [-0.05, 0) is 26.2 Å². The highest BCUT2D eigenvalue weighted by Crippen LogP contribution is 2.21. The maximum atomic E-state index is 12.3. The van der Waals surface area contributed by atoms with Crippen molar-refractivity contribution in [3.63, 3.8) is 0 Å². The second-order valence-corrected chi connectivity index (χ2v) is 6.99. The van der Waals surface area contributed by atoms with Gasteiger partial charge in [-0.1, -0.05) is 26.7 Å². The van der Waals surface area contributed by atoms with Gasteiger partial charge in [0.2, 0.25) is 11.8 Å². The quantitative estimate of drug-likeness (QED) is 0.710. The number of ether oxygens (including phenoxy) is 1. The van der Waals surface area contributed by atoms with Gasteiger partial charge in [0.25, 0.3) is 0 Å². The molecule has 1 aliphatic rings. The first-order valence-electron chi connectivity index (χ1n) is 8.43. The van der Waals surface area contributed by atoms with Gasteiger partial charge in [-0.3, -0.25) is 9.59 Å². The fraction of sp³-hybridized carbons (Fsp3) is 0.882. The number of carbonyl (C=O) groups excluding carboxylic acids is 2. The Balaban J connectivity index is 2.38. The summed E-state index contributed by atoms with van der Waals surface area (Å²) < 4.78 is 5.09. The minimum Gasteiger partial charge on any atom is -0.383 e. The molecular formula is C17H32N2O3. The Labute approximate surface area is 134 Å². The van der Waals surface area contributed by atoms with E-state index in [9.17, 15) is 9.59 Å². The molecular weight excluding hydrogens is 280 g/mol. The van der Waals surface area contributed by atoms with Crippen molar-refractivity contribution in [3.05, 3.63) is 0 Å². The molecule has 1 fully saturated rings. The highest BCUT2D eigenvalue weighted by Gasteiger charge is 2.36. The van der Waals surface area contributed by atoms with Gasteiger partial charge >= 0.3 is 0 Å². The first-order valence-corrected chi connectivity index (χ1v) is 8.43. The number of likely N-dealkylation sites (tertiary alicyclic amines) is 1. The van der Waals surface area contributed by atoms with Crippen LogP contribution in [0.15, 0.2) is 0 Å². The van der Waals surface area contributed by atoms with Gasteiger partial charge in [-0.25, -0.2) is 0 Å². The van der Waals surface area contributed by atoms with Crippen molar-refractivity contribution in [1.29, 1.82) is 0 Å². The van der Waals surface area contributed by atoms with E-state index in [1.165, 1.54) is 6.42 Å². The van der Waals surface area contributed by atoms with Crippen LogP contribution in [0.1, 0.15) is 53.4 Å². The normalized spacial score (nSPS) is 21.3. The largest absolute Gasteiger partial charge is 0.383 e. The molecule has 0 aromatic heterocycles. The van der Waals surface area contributed by atoms with Crippen LogP contribution in [0, 0.1) is 11.8 Å². The van der Waals surface area contributed by atoms with Crippen LogP contribution in [-0.2, 0) is 14.3 Å². The van der Waals surface area contributed by atoms with Crippen molar-refractivity contribution < 1.29 is 14.3 Å². The van der Waals surface area contributed by atoms with Crippen molar-refractivity contribution in [3.8, 4) is 0 Å². The lowest BCUT2D eigenvalue weighted by atomic mass is 10.0. The van der Waals surface area contributed by atoms with Gasteiger partial charge < -0.3 is 15.0 Å². The van der Waals surface area contributed by atoms with Crippen LogP contribution in [0.5, 0.6) is 0 Å². The lowest BCUT2D eigenvalue weighted by Crippen LogP contribution is -2.40. The summed E-state index contributed by atoms with van der Waals surface area (Å²) in [4.78, 5) is 26.1. The average molecular weight is 312 g/mol. The smallest absolute Gasteiger partial charge is 0.225 e. The zero-order valence-electron chi connectivity index (χ0n) is 14.7. The van der Waals surface area contributed by atoms with E-state index in [4.69, 9.17) is 4.74 Å². The number of rotatable bonds is 9. The van der Waals surface area contributed by atoms with Gasteiger partial charge in [0, 0.05) is 26.1 Å². The summed E-state index contributed by atoms with van der Waals surface area (Å²) in [6.07, 6.45) is 3.62. The number of hydrogen-bond donors (Lipinski definition) is 1. The molecule has 1 N–H and O–H groups in total. The molecule has 2 amide bonds. The van der Waals surface area contributed by atoms with E-state index in [1.807, 2.05) is 13.8 Å².